The van der Waals surface area contributed by atoms with Gasteiger partial charge in [0.15, 0.2) is 0 Å². The van der Waals surface area contributed by atoms with Crippen LogP contribution in [0.4, 0.5) is 5.69 Å². The van der Waals surface area contributed by atoms with Gasteiger partial charge in [-0.25, -0.2) is 0 Å². The SMILES string of the molecule is CC(C)(Nc1ccc2c(c1)C(C)(C)c1ccccc1-2)c1ccc2c(c1)C(C)(C)c1cc3ccccc3cc1-2. The highest BCUT2D eigenvalue weighted by molar-refractivity contribution is 5.93. The van der Waals surface area contributed by atoms with Crippen molar-refractivity contribution < 1.29 is 0 Å². The maximum atomic E-state index is 3.90. The molecule has 1 heteroatoms. The van der Waals surface area contributed by atoms with Gasteiger partial charge in [-0.15, -0.1) is 0 Å². The van der Waals surface area contributed by atoms with Crippen molar-refractivity contribution in [2.45, 2.75) is 57.9 Å². The number of nitrogens with one attached hydrogen (secondary N) is 1. The summed E-state index contributed by atoms with van der Waals surface area (Å²) in [6.07, 6.45) is 0. The molecule has 0 heterocycles. The van der Waals surface area contributed by atoms with E-state index in [9.17, 15) is 0 Å². The smallest absolute Gasteiger partial charge is 0.0569 e. The molecule has 0 amide bonds. The molecule has 0 bridgehead atoms. The summed E-state index contributed by atoms with van der Waals surface area (Å²) in [7, 11) is 0. The molecule has 0 saturated heterocycles. The van der Waals surface area contributed by atoms with Crippen LogP contribution in [0.5, 0.6) is 0 Å². The number of hydrogen-bond acceptors (Lipinski definition) is 1. The van der Waals surface area contributed by atoms with Crippen LogP contribution in [-0.2, 0) is 16.4 Å². The maximum Gasteiger partial charge on any atom is 0.0569 e. The molecule has 1 nitrogen and oxygen atoms in total. The molecule has 38 heavy (non-hydrogen) atoms. The van der Waals surface area contributed by atoms with Crippen molar-refractivity contribution in [3.63, 3.8) is 0 Å². The first-order valence-electron chi connectivity index (χ1n) is 13.8. The van der Waals surface area contributed by atoms with E-state index in [0.29, 0.717) is 0 Å². The summed E-state index contributed by atoms with van der Waals surface area (Å²) >= 11 is 0. The van der Waals surface area contributed by atoms with Crippen molar-refractivity contribution in [3.05, 3.63) is 125 Å². The molecule has 5 aromatic carbocycles. The van der Waals surface area contributed by atoms with Gasteiger partial charge in [-0.3, -0.25) is 0 Å². The molecular formula is C37H35N. The van der Waals surface area contributed by atoms with Crippen LogP contribution in [0.25, 0.3) is 33.0 Å². The minimum Gasteiger partial charge on any atom is -0.376 e. The quantitative estimate of drug-likeness (QED) is 0.264. The molecule has 2 aliphatic carbocycles. The second-order valence-corrected chi connectivity index (χ2v) is 12.8. The average molecular weight is 494 g/mol. The highest BCUT2D eigenvalue weighted by Crippen LogP contribution is 2.52. The molecule has 0 unspecified atom stereocenters. The molecule has 1 N–H and O–H groups in total. The van der Waals surface area contributed by atoms with Gasteiger partial charge >= 0.3 is 0 Å². The zero-order valence-corrected chi connectivity index (χ0v) is 23.2. The van der Waals surface area contributed by atoms with E-state index in [-0.39, 0.29) is 16.4 Å². The average Bonchev–Trinajstić information content (AvgIpc) is 3.26. The molecule has 0 aromatic heterocycles. The monoisotopic (exact) mass is 493 g/mol. The Morgan fingerprint density at radius 2 is 1.05 bits per heavy atom. The van der Waals surface area contributed by atoms with E-state index in [1.807, 2.05) is 0 Å². The van der Waals surface area contributed by atoms with E-state index in [4.69, 9.17) is 0 Å². The molecule has 0 aliphatic heterocycles. The molecule has 188 valence electrons. The number of rotatable bonds is 3. The molecule has 5 aromatic rings. The Bertz CT molecular complexity index is 1770. The van der Waals surface area contributed by atoms with Crippen molar-refractivity contribution in [3.8, 4) is 22.3 Å². The van der Waals surface area contributed by atoms with E-state index in [0.717, 1.165) is 0 Å². The fourth-order valence-electron chi connectivity index (χ4n) is 7.03. The second-order valence-electron chi connectivity index (χ2n) is 12.8. The summed E-state index contributed by atoms with van der Waals surface area (Å²) in [5.74, 6) is 0. The lowest BCUT2D eigenvalue weighted by Gasteiger charge is -2.31. The summed E-state index contributed by atoms with van der Waals surface area (Å²) in [4.78, 5) is 0. The zero-order valence-electron chi connectivity index (χ0n) is 23.2. The minimum atomic E-state index is -0.228. The van der Waals surface area contributed by atoms with Gasteiger partial charge < -0.3 is 5.32 Å². The van der Waals surface area contributed by atoms with Gasteiger partial charge in [0.25, 0.3) is 0 Å². The summed E-state index contributed by atoms with van der Waals surface area (Å²) in [5, 5.41) is 6.52. The Morgan fingerprint density at radius 1 is 0.500 bits per heavy atom. The van der Waals surface area contributed by atoms with Crippen LogP contribution in [0.2, 0.25) is 0 Å². The van der Waals surface area contributed by atoms with Crippen LogP contribution < -0.4 is 5.32 Å². The van der Waals surface area contributed by atoms with Crippen LogP contribution in [0, 0.1) is 0 Å². The molecule has 2 aliphatic rings. The lowest BCUT2D eigenvalue weighted by atomic mass is 9.80. The lowest BCUT2D eigenvalue weighted by molar-refractivity contribution is 0.601. The first-order chi connectivity index (χ1) is 18.1. The molecule has 7 rings (SSSR count). The molecule has 0 spiro atoms. The van der Waals surface area contributed by atoms with Crippen molar-refractivity contribution >= 4 is 16.5 Å². The Balaban J connectivity index is 1.26. The first kappa shape index (κ1) is 23.3. The molecular weight excluding hydrogens is 458 g/mol. The van der Waals surface area contributed by atoms with Crippen LogP contribution in [0.3, 0.4) is 0 Å². The number of anilines is 1. The van der Waals surface area contributed by atoms with Gasteiger partial charge in [0.2, 0.25) is 0 Å². The first-order valence-corrected chi connectivity index (χ1v) is 13.8. The van der Waals surface area contributed by atoms with Gasteiger partial charge in [-0.1, -0.05) is 100 Å². The van der Waals surface area contributed by atoms with Crippen LogP contribution in [-0.4, -0.2) is 0 Å². The van der Waals surface area contributed by atoms with E-state index >= 15 is 0 Å². The number of hydrogen-bond donors (Lipinski definition) is 1. The Hall–Kier alpha value is -3.84. The van der Waals surface area contributed by atoms with Gasteiger partial charge in [0.05, 0.1) is 5.54 Å². The molecule has 0 saturated carbocycles. The number of fused-ring (bicyclic) bond motifs is 7. The van der Waals surface area contributed by atoms with Gasteiger partial charge in [-0.2, -0.15) is 0 Å². The van der Waals surface area contributed by atoms with Gasteiger partial charge in [0.1, 0.15) is 0 Å². The summed E-state index contributed by atoms with van der Waals surface area (Å²) < 4.78 is 0. The summed E-state index contributed by atoms with van der Waals surface area (Å²) in [6, 6.07) is 36.4. The third-order valence-corrected chi connectivity index (χ3v) is 9.30. The van der Waals surface area contributed by atoms with Gasteiger partial charge in [0, 0.05) is 16.5 Å². The number of benzene rings is 5. The van der Waals surface area contributed by atoms with Gasteiger partial charge in [-0.05, 0) is 99.0 Å². The molecule has 0 radical (unpaired) electrons. The molecule has 0 fully saturated rings. The normalized spacial score (nSPS) is 16.1. The lowest BCUT2D eigenvalue weighted by Crippen LogP contribution is -2.29. The topological polar surface area (TPSA) is 12.0 Å². The zero-order chi connectivity index (χ0) is 26.4. The van der Waals surface area contributed by atoms with Crippen molar-refractivity contribution in [2.24, 2.45) is 0 Å². The summed E-state index contributed by atoms with van der Waals surface area (Å²) in [5.41, 5.74) is 13.3. The standard InChI is InChI=1S/C37H35N/c1-35(2)31-14-10-9-13-27(31)28-18-16-26(22-34(28)35)38-37(5,6)25-15-17-29-30-19-23-11-7-8-12-24(23)20-32(30)36(3,4)33(29)21-25/h7-22,38H,1-6H3. The minimum absolute atomic E-state index is 0.000667. The second kappa shape index (κ2) is 7.60. The molecule has 0 atom stereocenters. The van der Waals surface area contributed by atoms with Crippen molar-refractivity contribution in [1.29, 1.82) is 0 Å². The van der Waals surface area contributed by atoms with E-state index in [2.05, 4.69) is 144 Å². The van der Waals surface area contributed by atoms with Crippen molar-refractivity contribution in [1.82, 2.24) is 0 Å². The summed E-state index contributed by atoms with van der Waals surface area (Å²) in [6.45, 7) is 14.0. The van der Waals surface area contributed by atoms with E-state index in [1.165, 1.54) is 66.5 Å². The fourth-order valence-corrected chi connectivity index (χ4v) is 7.03. The third-order valence-electron chi connectivity index (χ3n) is 9.30. The van der Waals surface area contributed by atoms with Crippen molar-refractivity contribution in [2.75, 3.05) is 5.32 Å². The third kappa shape index (κ3) is 3.18. The fraction of sp³-hybridized carbons (Fsp3) is 0.243. The highest BCUT2D eigenvalue weighted by atomic mass is 15.0. The van der Waals surface area contributed by atoms with Crippen LogP contribution in [0.15, 0.2) is 97.1 Å². The predicted octanol–water partition coefficient (Wildman–Crippen LogP) is 9.80. The Morgan fingerprint density at radius 3 is 1.84 bits per heavy atom. The predicted molar refractivity (Wildman–Crippen MR) is 162 cm³/mol. The highest BCUT2D eigenvalue weighted by Gasteiger charge is 2.38. The van der Waals surface area contributed by atoms with E-state index in [1.54, 1.807) is 0 Å². The van der Waals surface area contributed by atoms with Crippen LogP contribution in [0.1, 0.15) is 69.4 Å². The largest absolute Gasteiger partial charge is 0.376 e. The maximum absolute atomic E-state index is 3.90. The Kier molecular flexibility index (Phi) is 4.66. The Labute approximate surface area is 226 Å². The van der Waals surface area contributed by atoms with E-state index < -0.39 is 0 Å². The van der Waals surface area contributed by atoms with Crippen LogP contribution >= 0.6 is 0 Å².